The van der Waals surface area contributed by atoms with Gasteiger partial charge in [-0.05, 0) is 47.7 Å². The van der Waals surface area contributed by atoms with E-state index in [1.54, 1.807) is 0 Å². The van der Waals surface area contributed by atoms with Crippen LogP contribution in [-0.2, 0) is 19.6 Å². The van der Waals surface area contributed by atoms with Gasteiger partial charge in [0.25, 0.3) is 0 Å². The lowest BCUT2D eigenvalue weighted by Gasteiger charge is -2.27. The molecule has 2 aromatic carbocycles. The highest BCUT2D eigenvalue weighted by Gasteiger charge is 2.13. The Balaban J connectivity index is 1.67. The van der Waals surface area contributed by atoms with Crippen LogP contribution in [0.1, 0.15) is 23.1 Å². The summed E-state index contributed by atoms with van der Waals surface area (Å²) in [7, 11) is 2.17. The molecule has 0 saturated carbocycles. The summed E-state index contributed by atoms with van der Waals surface area (Å²) in [4.78, 5) is 2.34. The van der Waals surface area contributed by atoms with Gasteiger partial charge in [0.2, 0.25) is 0 Å². The molecule has 0 aliphatic carbocycles. The van der Waals surface area contributed by atoms with Crippen molar-refractivity contribution >= 4 is 11.4 Å². The van der Waals surface area contributed by atoms with Crippen LogP contribution in [0.3, 0.4) is 0 Å². The van der Waals surface area contributed by atoms with Gasteiger partial charge in [0.05, 0.1) is 6.61 Å². The standard InChI is InChI=1S/C18H22N2O/c1-20-10-2-3-16-11-15(6-9-18(16)20)12-19-17-7-4-14(13-21)5-8-17/h4-9,11,19,21H,2-3,10,12-13H2,1H3. The Morgan fingerprint density at radius 3 is 2.62 bits per heavy atom. The van der Waals surface area contributed by atoms with E-state index in [1.807, 2.05) is 24.3 Å². The molecule has 0 bridgehead atoms. The number of rotatable bonds is 4. The largest absolute Gasteiger partial charge is 0.392 e. The van der Waals surface area contributed by atoms with Gasteiger partial charge in [0, 0.05) is 31.5 Å². The van der Waals surface area contributed by atoms with Crippen molar-refractivity contribution in [1.29, 1.82) is 0 Å². The number of anilines is 2. The Hall–Kier alpha value is -2.00. The molecule has 3 rings (SSSR count). The van der Waals surface area contributed by atoms with Crippen LogP contribution in [0.15, 0.2) is 42.5 Å². The maximum absolute atomic E-state index is 9.05. The van der Waals surface area contributed by atoms with Crippen molar-refractivity contribution in [3.8, 4) is 0 Å². The van der Waals surface area contributed by atoms with Crippen LogP contribution in [0, 0.1) is 0 Å². The van der Waals surface area contributed by atoms with Gasteiger partial charge in [-0.3, -0.25) is 0 Å². The Labute approximate surface area is 126 Å². The van der Waals surface area contributed by atoms with E-state index in [1.165, 1.54) is 29.7 Å². The number of nitrogens with zero attached hydrogens (tertiary/aromatic N) is 1. The van der Waals surface area contributed by atoms with Gasteiger partial charge >= 0.3 is 0 Å². The van der Waals surface area contributed by atoms with Crippen molar-refractivity contribution in [1.82, 2.24) is 0 Å². The number of hydrogen-bond donors (Lipinski definition) is 2. The quantitative estimate of drug-likeness (QED) is 0.904. The highest BCUT2D eigenvalue weighted by molar-refractivity contribution is 5.56. The van der Waals surface area contributed by atoms with Gasteiger partial charge in [0.1, 0.15) is 0 Å². The van der Waals surface area contributed by atoms with Crippen LogP contribution < -0.4 is 10.2 Å². The number of aliphatic hydroxyl groups is 1. The Kier molecular flexibility index (Phi) is 4.11. The topological polar surface area (TPSA) is 35.5 Å². The summed E-state index contributed by atoms with van der Waals surface area (Å²) in [5.41, 5.74) is 6.17. The summed E-state index contributed by atoms with van der Waals surface area (Å²) in [5.74, 6) is 0. The molecule has 0 radical (unpaired) electrons. The molecule has 1 aliphatic heterocycles. The lowest BCUT2D eigenvalue weighted by molar-refractivity contribution is 0.282. The molecule has 110 valence electrons. The molecule has 0 aromatic heterocycles. The highest BCUT2D eigenvalue weighted by Crippen LogP contribution is 2.27. The predicted octanol–water partition coefficient (Wildman–Crippen LogP) is 3.17. The molecule has 3 heteroatoms. The number of aliphatic hydroxyl groups excluding tert-OH is 1. The first kappa shape index (κ1) is 14.0. The smallest absolute Gasteiger partial charge is 0.0681 e. The molecule has 0 atom stereocenters. The van der Waals surface area contributed by atoms with E-state index in [4.69, 9.17) is 5.11 Å². The van der Waals surface area contributed by atoms with Gasteiger partial charge < -0.3 is 15.3 Å². The van der Waals surface area contributed by atoms with Crippen LogP contribution in [0.5, 0.6) is 0 Å². The number of benzene rings is 2. The minimum absolute atomic E-state index is 0.0959. The first-order chi connectivity index (χ1) is 10.3. The van der Waals surface area contributed by atoms with Crippen molar-refractivity contribution < 1.29 is 5.11 Å². The second-order valence-corrected chi connectivity index (χ2v) is 5.70. The van der Waals surface area contributed by atoms with Crippen molar-refractivity contribution in [3.05, 3.63) is 59.2 Å². The average molecular weight is 282 g/mol. The van der Waals surface area contributed by atoms with Crippen molar-refractivity contribution in [3.63, 3.8) is 0 Å². The normalized spacial score (nSPS) is 13.9. The molecular weight excluding hydrogens is 260 g/mol. The summed E-state index contributed by atoms with van der Waals surface area (Å²) in [6.45, 7) is 2.08. The minimum atomic E-state index is 0.0959. The maximum Gasteiger partial charge on any atom is 0.0681 e. The zero-order valence-corrected chi connectivity index (χ0v) is 12.5. The molecule has 1 heterocycles. The third kappa shape index (κ3) is 3.19. The van der Waals surface area contributed by atoms with E-state index in [0.29, 0.717) is 0 Å². The van der Waals surface area contributed by atoms with Crippen LogP contribution >= 0.6 is 0 Å². The average Bonchev–Trinajstić information content (AvgIpc) is 2.53. The third-order valence-electron chi connectivity index (χ3n) is 4.13. The molecule has 0 fully saturated rings. The Morgan fingerprint density at radius 1 is 1.10 bits per heavy atom. The summed E-state index contributed by atoms with van der Waals surface area (Å²) in [5, 5.41) is 12.5. The van der Waals surface area contributed by atoms with Gasteiger partial charge in [-0.1, -0.05) is 24.3 Å². The van der Waals surface area contributed by atoms with Crippen molar-refractivity contribution in [2.75, 3.05) is 23.8 Å². The van der Waals surface area contributed by atoms with Gasteiger partial charge in [-0.15, -0.1) is 0 Å². The predicted molar refractivity (Wildman–Crippen MR) is 87.7 cm³/mol. The molecule has 2 aromatic rings. The van der Waals surface area contributed by atoms with E-state index >= 15 is 0 Å². The van der Waals surface area contributed by atoms with Gasteiger partial charge in [0.15, 0.2) is 0 Å². The first-order valence-corrected chi connectivity index (χ1v) is 7.53. The SMILES string of the molecule is CN1CCCc2cc(CNc3ccc(CO)cc3)ccc21. The molecule has 21 heavy (non-hydrogen) atoms. The van der Waals surface area contributed by atoms with Crippen LogP contribution in [0.25, 0.3) is 0 Å². The fourth-order valence-corrected chi connectivity index (χ4v) is 2.88. The Bertz CT molecular complexity index is 607. The summed E-state index contributed by atoms with van der Waals surface area (Å²) in [6.07, 6.45) is 2.42. The van der Waals surface area contributed by atoms with E-state index < -0.39 is 0 Å². The second-order valence-electron chi connectivity index (χ2n) is 5.70. The Morgan fingerprint density at radius 2 is 1.86 bits per heavy atom. The third-order valence-corrected chi connectivity index (χ3v) is 4.13. The van der Waals surface area contributed by atoms with Crippen molar-refractivity contribution in [2.24, 2.45) is 0 Å². The molecule has 0 unspecified atom stereocenters. The number of fused-ring (bicyclic) bond motifs is 1. The van der Waals surface area contributed by atoms with Gasteiger partial charge in [-0.25, -0.2) is 0 Å². The van der Waals surface area contributed by atoms with E-state index in [-0.39, 0.29) is 6.61 Å². The summed E-state index contributed by atoms with van der Waals surface area (Å²) in [6, 6.07) is 14.7. The van der Waals surface area contributed by atoms with Crippen molar-refractivity contribution in [2.45, 2.75) is 26.0 Å². The molecule has 0 spiro atoms. The van der Waals surface area contributed by atoms with E-state index in [9.17, 15) is 0 Å². The fourth-order valence-electron chi connectivity index (χ4n) is 2.88. The zero-order chi connectivity index (χ0) is 14.7. The molecule has 2 N–H and O–H groups in total. The lowest BCUT2D eigenvalue weighted by atomic mass is 9.99. The van der Waals surface area contributed by atoms with E-state index in [2.05, 4.69) is 35.5 Å². The number of aryl methyl sites for hydroxylation is 1. The first-order valence-electron chi connectivity index (χ1n) is 7.53. The molecule has 3 nitrogen and oxygen atoms in total. The van der Waals surface area contributed by atoms with E-state index in [0.717, 1.165) is 24.3 Å². The number of hydrogen-bond acceptors (Lipinski definition) is 3. The zero-order valence-electron chi connectivity index (χ0n) is 12.5. The molecule has 0 amide bonds. The van der Waals surface area contributed by atoms with Crippen LogP contribution in [0.4, 0.5) is 11.4 Å². The fraction of sp³-hybridized carbons (Fsp3) is 0.333. The maximum atomic E-state index is 9.05. The summed E-state index contributed by atoms with van der Waals surface area (Å²) >= 11 is 0. The molecular formula is C18H22N2O. The highest BCUT2D eigenvalue weighted by atomic mass is 16.3. The van der Waals surface area contributed by atoms with Crippen LogP contribution in [-0.4, -0.2) is 18.7 Å². The minimum Gasteiger partial charge on any atom is -0.392 e. The van der Waals surface area contributed by atoms with Crippen LogP contribution in [0.2, 0.25) is 0 Å². The second kappa shape index (κ2) is 6.19. The van der Waals surface area contributed by atoms with Gasteiger partial charge in [-0.2, -0.15) is 0 Å². The monoisotopic (exact) mass is 282 g/mol. The molecule has 1 aliphatic rings. The lowest BCUT2D eigenvalue weighted by Crippen LogP contribution is -2.24. The molecule has 0 saturated heterocycles. The summed E-state index contributed by atoms with van der Waals surface area (Å²) < 4.78 is 0. The number of nitrogens with one attached hydrogen (secondary N) is 1.